The van der Waals surface area contributed by atoms with E-state index in [1.807, 2.05) is 54.6 Å². The van der Waals surface area contributed by atoms with Crippen molar-refractivity contribution < 1.29 is 18.8 Å². The highest BCUT2D eigenvalue weighted by molar-refractivity contribution is 6.04. The Morgan fingerprint density at radius 1 is 0.843 bits per heavy atom. The Labute approximate surface area is 299 Å². The van der Waals surface area contributed by atoms with Crippen molar-refractivity contribution in [2.45, 2.75) is 63.2 Å². The standard InChI is InChI=1S/C41H47FN6O3/c1-45(2)40(51)32-7-5-28(6-8-32)27-47-23-24-48-36(15-16-37(48)41(47)19-4-20-41)39(50)43-26-33-13-14-34(25-35(33)42)44-38(49)31-11-9-29(10-12-31)30-17-21-46(3)22-18-30/h5-16,25,30H,4,17-24,26-27H2,1-3H3,(H,43,50)(H,44,49). The van der Waals surface area contributed by atoms with Crippen molar-refractivity contribution in [3.63, 3.8) is 0 Å². The third-order valence-corrected chi connectivity index (χ3v) is 11.2. The van der Waals surface area contributed by atoms with E-state index >= 15 is 4.39 Å². The summed E-state index contributed by atoms with van der Waals surface area (Å²) in [5.41, 5.74) is 5.90. The molecule has 1 saturated heterocycles. The molecule has 1 spiro atoms. The first-order valence-corrected chi connectivity index (χ1v) is 18.0. The fraction of sp³-hybridized carbons (Fsp3) is 0.390. The smallest absolute Gasteiger partial charge is 0.268 e. The van der Waals surface area contributed by atoms with E-state index in [-0.39, 0.29) is 29.8 Å². The summed E-state index contributed by atoms with van der Waals surface area (Å²) in [6, 6.07) is 24.1. The summed E-state index contributed by atoms with van der Waals surface area (Å²) in [5.74, 6) is -0.532. The predicted molar refractivity (Wildman–Crippen MR) is 196 cm³/mol. The highest BCUT2D eigenvalue weighted by atomic mass is 19.1. The zero-order chi connectivity index (χ0) is 35.7. The van der Waals surface area contributed by atoms with Gasteiger partial charge in [-0.1, -0.05) is 30.3 Å². The first kappa shape index (κ1) is 34.6. The molecule has 1 aromatic heterocycles. The fourth-order valence-electron chi connectivity index (χ4n) is 7.94. The molecule has 0 radical (unpaired) electrons. The number of benzene rings is 3. The van der Waals surface area contributed by atoms with Crippen LogP contribution in [0.15, 0.2) is 78.9 Å². The van der Waals surface area contributed by atoms with E-state index in [0.29, 0.717) is 40.5 Å². The van der Waals surface area contributed by atoms with Crippen LogP contribution in [-0.2, 0) is 25.2 Å². The maximum atomic E-state index is 15.2. The number of carbonyl (C=O) groups excluding carboxylic acids is 3. The number of hydrogen-bond donors (Lipinski definition) is 2. The minimum atomic E-state index is -0.494. The number of fused-ring (bicyclic) bond motifs is 2. The summed E-state index contributed by atoms with van der Waals surface area (Å²) < 4.78 is 17.3. The van der Waals surface area contributed by atoms with E-state index < -0.39 is 5.82 Å². The number of hydrogen-bond acceptors (Lipinski definition) is 5. The van der Waals surface area contributed by atoms with Crippen LogP contribution in [0.3, 0.4) is 0 Å². The van der Waals surface area contributed by atoms with Crippen LogP contribution in [0.1, 0.15) is 91.6 Å². The molecule has 266 valence electrons. The topological polar surface area (TPSA) is 89.9 Å². The average Bonchev–Trinajstić information content (AvgIpc) is 3.55. The number of nitrogens with one attached hydrogen (secondary N) is 2. The Balaban J connectivity index is 0.954. The average molecular weight is 691 g/mol. The SMILES string of the molecule is CN1CCC(c2ccc(C(=O)Nc3ccc(CNC(=O)c4ccc5n4CCN(Cc4ccc(C(=O)N(C)C)cc4)C54CCC4)c(F)c3)cc2)CC1. The minimum Gasteiger partial charge on any atom is -0.347 e. The van der Waals surface area contributed by atoms with Crippen LogP contribution in [0.2, 0.25) is 0 Å². The monoisotopic (exact) mass is 690 g/mol. The Bertz CT molecular complexity index is 1910. The van der Waals surface area contributed by atoms with E-state index in [1.54, 1.807) is 31.1 Å². The number of piperidine rings is 1. The molecule has 4 aromatic rings. The van der Waals surface area contributed by atoms with Gasteiger partial charge in [0.05, 0.1) is 5.54 Å². The van der Waals surface area contributed by atoms with Gasteiger partial charge in [-0.2, -0.15) is 0 Å². The first-order valence-electron chi connectivity index (χ1n) is 18.0. The maximum absolute atomic E-state index is 15.2. The molecule has 0 unspecified atom stereocenters. The lowest BCUT2D eigenvalue weighted by molar-refractivity contribution is -0.0217. The Kier molecular flexibility index (Phi) is 9.81. The van der Waals surface area contributed by atoms with Gasteiger partial charge in [0.25, 0.3) is 17.7 Å². The second-order valence-electron chi connectivity index (χ2n) is 14.6. The first-order chi connectivity index (χ1) is 24.6. The molecule has 3 aliphatic rings. The highest BCUT2D eigenvalue weighted by Gasteiger charge is 2.48. The number of nitrogens with zero attached hydrogens (tertiary/aromatic N) is 4. The summed E-state index contributed by atoms with van der Waals surface area (Å²) >= 11 is 0. The quantitative estimate of drug-likeness (QED) is 0.218. The van der Waals surface area contributed by atoms with Crippen molar-refractivity contribution in [1.82, 2.24) is 24.6 Å². The van der Waals surface area contributed by atoms with Crippen molar-refractivity contribution in [2.24, 2.45) is 0 Å². The highest BCUT2D eigenvalue weighted by Crippen LogP contribution is 2.49. The molecule has 51 heavy (non-hydrogen) atoms. The van der Waals surface area contributed by atoms with Gasteiger partial charge in [-0.05, 0) is 118 Å². The van der Waals surface area contributed by atoms with Gasteiger partial charge in [-0.3, -0.25) is 19.3 Å². The van der Waals surface area contributed by atoms with Crippen LogP contribution < -0.4 is 10.6 Å². The molecular formula is C41H47FN6O3. The third-order valence-electron chi connectivity index (χ3n) is 11.2. The fourth-order valence-corrected chi connectivity index (χ4v) is 7.94. The molecule has 1 saturated carbocycles. The lowest BCUT2D eigenvalue weighted by Crippen LogP contribution is -2.56. The van der Waals surface area contributed by atoms with Crippen LogP contribution >= 0.6 is 0 Å². The lowest BCUT2D eigenvalue weighted by atomic mass is 9.71. The van der Waals surface area contributed by atoms with E-state index in [1.165, 1.54) is 11.6 Å². The van der Waals surface area contributed by atoms with Gasteiger partial charge in [-0.25, -0.2) is 4.39 Å². The number of likely N-dealkylation sites (tertiary alicyclic amines) is 1. The van der Waals surface area contributed by atoms with E-state index in [9.17, 15) is 14.4 Å². The largest absolute Gasteiger partial charge is 0.347 e. The molecule has 9 nitrogen and oxygen atoms in total. The van der Waals surface area contributed by atoms with Crippen LogP contribution in [0.25, 0.3) is 0 Å². The van der Waals surface area contributed by atoms with Crippen molar-refractivity contribution in [2.75, 3.05) is 46.1 Å². The molecule has 10 heteroatoms. The summed E-state index contributed by atoms with van der Waals surface area (Å²) in [6.07, 6.45) is 5.39. The molecule has 0 bridgehead atoms. The number of rotatable bonds is 9. The second kappa shape index (κ2) is 14.4. The second-order valence-corrected chi connectivity index (χ2v) is 14.6. The number of aromatic nitrogens is 1. The summed E-state index contributed by atoms with van der Waals surface area (Å²) in [6.45, 7) is 4.42. The van der Waals surface area contributed by atoms with E-state index in [4.69, 9.17) is 0 Å². The van der Waals surface area contributed by atoms with Crippen molar-refractivity contribution in [3.8, 4) is 0 Å². The number of amides is 3. The van der Waals surface area contributed by atoms with Gasteiger partial charge >= 0.3 is 0 Å². The summed E-state index contributed by atoms with van der Waals surface area (Å²) in [4.78, 5) is 45.1. The van der Waals surface area contributed by atoms with Crippen molar-refractivity contribution in [1.29, 1.82) is 0 Å². The van der Waals surface area contributed by atoms with E-state index in [0.717, 1.165) is 69.5 Å². The summed E-state index contributed by atoms with van der Waals surface area (Å²) in [5, 5.41) is 5.72. The minimum absolute atomic E-state index is 0.0120. The van der Waals surface area contributed by atoms with Crippen molar-refractivity contribution in [3.05, 3.63) is 124 Å². The summed E-state index contributed by atoms with van der Waals surface area (Å²) in [7, 11) is 5.65. The van der Waals surface area contributed by atoms with Gasteiger partial charge in [0.15, 0.2) is 0 Å². The predicted octanol–water partition coefficient (Wildman–Crippen LogP) is 6.22. The van der Waals surface area contributed by atoms with E-state index in [2.05, 4.69) is 38.1 Å². The molecule has 2 fully saturated rings. The number of carbonyl (C=O) groups is 3. The zero-order valence-electron chi connectivity index (χ0n) is 29.8. The van der Waals surface area contributed by atoms with Gasteiger partial charge in [0, 0.05) is 68.3 Å². The van der Waals surface area contributed by atoms with Crippen LogP contribution in [0, 0.1) is 5.82 Å². The molecule has 3 aromatic carbocycles. The molecule has 3 heterocycles. The molecule has 7 rings (SSSR count). The molecule has 2 N–H and O–H groups in total. The van der Waals surface area contributed by atoms with Crippen LogP contribution in [0.5, 0.6) is 0 Å². The molecule has 2 aliphatic heterocycles. The van der Waals surface area contributed by atoms with Gasteiger partial charge in [0.1, 0.15) is 11.5 Å². The molecule has 1 aliphatic carbocycles. The van der Waals surface area contributed by atoms with Crippen LogP contribution in [0.4, 0.5) is 10.1 Å². The van der Waals surface area contributed by atoms with Crippen molar-refractivity contribution >= 4 is 23.4 Å². The molecule has 0 atom stereocenters. The number of anilines is 1. The van der Waals surface area contributed by atoms with Crippen LogP contribution in [-0.4, -0.2) is 77.8 Å². The zero-order valence-corrected chi connectivity index (χ0v) is 29.8. The van der Waals surface area contributed by atoms with Gasteiger partial charge in [0.2, 0.25) is 0 Å². The Morgan fingerprint density at radius 2 is 1.55 bits per heavy atom. The Morgan fingerprint density at radius 3 is 2.20 bits per heavy atom. The van der Waals surface area contributed by atoms with Gasteiger partial charge < -0.3 is 25.0 Å². The van der Waals surface area contributed by atoms with Gasteiger partial charge in [-0.15, -0.1) is 0 Å². The normalized spacial score (nSPS) is 17.4. The molecular weight excluding hydrogens is 643 g/mol. The third kappa shape index (κ3) is 7.07. The maximum Gasteiger partial charge on any atom is 0.268 e. The lowest BCUT2D eigenvalue weighted by Gasteiger charge is -2.53. The molecule has 3 amide bonds. The number of halogens is 1. The Hall–Kier alpha value is -4.80.